The highest BCUT2D eigenvalue weighted by molar-refractivity contribution is 6.38. The Bertz CT molecular complexity index is 1340. The lowest BCUT2D eigenvalue weighted by Gasteiger charge is -2.13. The van der Waals surface area contributed by atoms with Crippen LogP contribution in [0.4, 0.5) is 4.39 Å². The third-order valence-electron chi connectivity index (χ3n) is 4.31. The van der Waals surface area contributed by atoms with Crippen molar-refractivity contribution in [3.8, 4) is 5.69 Å². The van der Waals surface area contributed by atoms with E-state index in [2.05, 4.69) is 19.8 Å². The molecule has 0 atom stereocenters. The molecule has 0 spiro atoms. The Morgan fingerprint density at radius 3 is 2.56 bits per heavy atom. The molecule has 162 valence electrons. The highest BCUT2D eigenvalue weighted by Gasteiger charge is 2.17. The van der Waals surface area contributed by atoms with Gasteiger partial charge in [-0.3, -0.25) is 9.36 Å². The van der Waals surface area contributed by atoms with Crippen LogP contribution in [-0.2, 0) is 11.4 Å². The molecule has 32 heavy (non-hydrogen) atoms. The van der Waals surface area contributed by atoms with Crippen LogP contribution in [-0.4, -0.2) is 20.4 Å². The Hall–Kier alpha value is -3.20. The third-order valence-corrected chi connectivity index (χ3v) is 5.23. The van der Waals surface area contributed by atoms with E-state index in [1.807, 2.05) is 0 Å². The molecule has 0 saturated carbocycles. The monoisotopic (exact) mass is 492 g/mol. The molecule has 0 aliphatic heterocycles. The largest absolute Gasteiger partial charge is 0.387 e. The van der Waals surface area contributed by atoms with Gasteiger partial charge < -0.3 is 9.36 Å². The summed E-state index contributed by atoms with van der Waals surface area (Å²) in [5.74, 6) is -0.246. The van der Waals surface area contributed by atoms with Gasteiger partial charge >= 0.3 is 0 Å². The van der Waals surface area contributed by atoms with Crippen molar-refractivity contribution in [1.29, 1.82) is 0 Å². The van der Waals surface area contributed by atoms with Crippen LogP contribution in [0.3, 0.4) is 0 Å². The van der Waals surface area contributed by atoms with Gasteiger partial charge in [0.2, 0.25) is 12.2 Å². The number of nitrogens with zero attached hydrogens (tertiary/aromatic N) is 4. The number of para-hydroxylation sites is 1. The Labute approximate surface area is 195 Å². The number of hydrogen-bond acceptors (Lipinski definition) is 6. The second kappa shape index (κ2) is 9.52. The van der Waals surface area contributed by atoms with Gasteiger partial charge in [-0.15, -0.1) is 0 Å². The number of hydrogen-bond donors (Lipinski definition) is 0. The van der Waals surface area contributed by atoms with E-state index in [0.29, 0.717) is 16.8 Å². The van der Waals surface area contributed by atoms with E-state index in [1.165, 1.54) is 35.0 Å². The first-order valence-corrected chi connectivity index (χ1v) is 10.2. The van der Waals surface area contributed by atoms with Crippen LogP contribution in [0.15, 0.2) is 75.6 Å². The highest BCUT2D eigenvalue weighted by Crippen LogP contribution is 2.28. The first kappa shape index (κ1) is 22.0. The fourth-order valence-electron chi connectivity index (χ4n) is 2.87. The molecule has 4 rings (SSSR count). The van der Waals surface area contributed by atoms with Crippen molar-refractivity contribution in [3.63, 3.8) is 0 Å². The minimum Gasteiger partial charge on any atom is -0.387 e. The molecule has 0 fully saturated rings. The second-order valence-electron chi connectivity index (χ2n) is 6.38. The summed E-state index contributed by atoms with van der Waals surface area (Å²) >= 11 is 18.8. The number of oxime groups is 1. The van der Waals surface area contributed by atoms with E-state index >= 15 is 0 Å². The van der Waals surface area contributed by atoms with Crippen molar-refractivity contribution in [2.75, 3.05) is 0 Å². The van der Waals surface area contributed by atoms with E-state index in [9.17, 15) is 9.18 Å². The molecule has 0 radical (unpaired) electrons. The van der Waals surface area contributed by atoms with Gasteiger partial charge in [0.25, 0.3) is 5.56 Å². The average Bonchev–Trinajstić information content (AvgIpc) is 3.27. The van der Waals surface area contributed by atoms with Crippen molar-refractivity contribution >= 4 is 40.5 Å². The maximum absolute atomic E-state index is 13.6. The van der Waals surface area contributed by atoms with Crippen LogP contribution >= 0.6 is 34.8 Å². The van der Waals surface area contributed by atoms with Crippen LogP contribution in [0, 0.1) is 5.82 Å². The minimum absolute atomic E-state index is 0.0885. The standard InChI is InChI=1S/C21H12Cl3FN4O3/c22-15-2-1-3-16(23)21(15)29-9-12(4-7-19(29)30)20(14-6-5-13(25)8-17(14)24)28-31-10-18-26-11-32-27-18/h1-9,11H,10H2/b28-20-. The number of pyridine rings is 1. The van der Waals surface area contributed by atoms with Gasteiger partial charge in [-0.2, -0.15) is 4.98 Å². The highest BCUT2D eigenvalue weighted by atomic mass is 35.5. The lowest BCUT2D eigenvalue weighted by atomic mass is 10.0. The number of halogens is 4. The molecule has 2 aromatic carbocycles. The first-order chi connectivity index (χ1) is 15.4. The quantitative estimate of drug-likeness (QED) is 0.269. The maximum Gasteiger partial charge on any atom is 0.255 e. The van der Waals surface area contributed by atoms with E-state index in [-0.39, 0.29) is 38.8 Å². The molecule has 0 N–H and O–H groups in total. The predicted octanol–water partition coefficient (Wildman–Crippen LogP) is 5.29. The van der Waals surface area contributed by atoms with Crippen molar-refractivity contribution in [3.05, 3.63) is 109 Å². The van der Waals surface area contributed by atoms with Gasteiger partial charge in [-0.1, -0.05) is 51.2 Å². The van der Waals surface area contributed by atoms with Crippen LogP contribution in [0.5, 0.6) is 0 Å². The fourth-order valence-corrected chi connectivity index (χ4v) is 3.71. The van der Waals surface area contributed by atoms with Gasteiger partial charge in [0.1, 0.15) is 11.5 Å². The Morgan fingerprint density at radius 2 is 1.88 bits per heavy atom. The fraction of sp³-hybridized carbons (Fsp3) is 0.0476. The number of rotatable bonds is 6. The molecule has 0 aliphatic rings. The lowest BCUT2D eigenvalue weighted by molar-refractivity contribution is 0.123. The summed E-state index contributed by atoms with van der Waals surface area (Å²) in [4.78, 5) is 21.8. The Balaban J connectivity index is 1.83. The molecular weight excluding hydrogens is 482 g/mol. The molecular formula is C21H12Cl3FN4O3. The Morgan fingerprint density at radius 1 is 1.09 bits per heavy atom. The minimum atomic E-state index is -0.515. The average molecular weight is 494 g/mol. The van der Waals surface area contributed by atoms with Gasteiger partial charge in [0, 0.05) is 23.4 Å². The maximum atomic E-state index is 13.6. The van der Waals surface area contributed by atoms with E-state index in [4.69, 9.17) is 39.6 Å². The van der Waals surface area contributed by atoms with Gasteiger partial charge in [-0.25, -0.2) is 4.39 Å². The summed E-state index contributed by atoms with van der Waals surface area (Å²) < 4.78 is 19.6. The molecule has 11 heteroatoms. The summed E-state index contributed by atoms with van der Waals surface area (Å²) in [7, 11) is 0. The zero-order valence-corrected chi connectivity index (χ0v) is 18.3. The van der Waals surface area contributed by atoms with Gasteiger partial charge in [0.05, 0.1) is 20.8 Å². The van der Waals surface area contributed by atoms with E-state index in [0.717, 1.165) is 12.5 Å². The van der Waals surface area contributed by atoms with Crippen molar-refractivity contribution in [2.24, 2.45) is 5.16 Å². The summed E-state index contributed by atoms with van der Waals surface area (Å²) in [6.07, 6.45) is 2.65. The molecule has 0 saturated heterocycles. The zero-order chi connectivity index (χ0) is 22.7. The first-order valence-electron chi connectivity index (χ1n) is 9.02. The normalized spacial score (nSPS) is 11.6. The van der Waals surface area contributed by atoms with Crippen LogP contribution < -0.4 is 5.56 Å². The summed E-state index contributed by atoms with van der Waals surface area (Å²) in [6.45, 7) is -0.0885. The molecule has 0 bridgehead atoms. The SMILES string of the molecule is O=c1ccc(/C(=N/OCc2ncon2)c2ccc(F)cc2Cl)cn1-c1c(Cl)cccc1Cl. The summed E-state index contributed by atoms with van der Waals surface area (Å²) in [5, 5.41) is 8.45. The van der Waals surface area contributed by atoms with Crippen LogP contribution in [0.2, 0.25) is 15.1 Å². The predicted molar refractivity (Wildman–Crippen MR) is 118 cm³/mol. The lowest BCUT2D eigenvalue weighted by Crippen LogP contribution is -2.20. The van der Waals surface area contributed by atoms with E-state index < -0.39 is 5.82 Å². The summed E-state index contributed by atoms with van der Waals surface area (Å²) in [6, 6.07) is 11.6. The second-order valence-corrected chi connectivity index (χ2v) is 7.60. The molecule has 7 nitrogen and oxygen atoms in total. The van der Waals surface area contributed by atoms with Crippen molar-refractivity contribution in [1.82, 2.24) is 14.7 Å². The smallest absolute Gasteiger partial charge is 0.255 e. The van der Waals surface area contributed by atoms with Crippen LogP contribution in [0.25, 0.3) is 5.69 Å². The zero-order valence-electron chi connectivity index (χ0n) is 16.0. The van der Waals surface area contributed by atoms with E-state index in [1.54, 1.807) is 18.2 Å². The molecule has 0 unspecified atom stereocenters. The topological polar surface area (TPSA) is 82.5 Å². The third kappa shape index (κ3) is 4.67. The summed E-state index contributed by atoms with van der Waals surface area (Å²) in [5.41, 5.74) is 0.968. The van der Waals surface area contributed by atoms with Crippen LogP contribution in [0.1, 0.15) is 17.0 Å². The van der Waals surface area contributed by atoms with Gasteiger partial charge in [0.15, 0.2) is 6.61 Å². The molecule has 2 heterocycles. The van der Waals surface area contributed by atoms with Crippen molar-refractivity contribution in [2.45, 2.75) is 6.61 Å². The molecule has 4 aromatic rings. The molecule has 0 amide bonds. The Kier molecular flexibility index (Phi) is 6.55. The van der Waals surface area contributed by atoms with Gasteiger partial charge in [-0.05, 0) is 36.4 Å². The number of benzene rings is 2. The molecule has 2 aromatic heterocycles. The number of aromatic nitrogens is 3. The van der Waals surface area contributed by atoms with Crippen molar-refractivity contribution < 1.29 is 13.8 Å². The molecule has 0 aliphatic carbocycles.